The Morgan fingerprint density at radius 2 is 1.71 bits per heavy atom. The van der Waals surface area contributed by atoms with Crippen molar-refractivity contribution in [1.82, 2.24) is 0 Å². The minimum Gasteiger partial charge on any atom is -0.447 e. The second-order valence-electron chi connectivity index (χ2n) is 4.12. The maximum atomic E-state index is 13.1. The Morgan fingerprint density at radius 3 is 2.33 bits per heavy atom. The number of alkyl halides is 3. The van der Waals surface area contributed by atoms with Gasteiger partial charge in [-0.3, -0.25) is 0 Å². The number of rotatable bonds is 4. The van der Waals surface area contributed by atoms with Crippen molar-refractivity contribution in [1.29, 1.82) is 0 Å². The van der Waals surface area contributed by atoms with Gasteiger partial charge in [0.25, 0.3) is 6.41 Å². The molecule has 2 aromatic rings. The first-order valence-electron chi connectivity index (χ1n) is 5.89. The fourth-order valence-corrected chi connectivity index (χ4v) is 1.63. The van der Waals surface area contributed by atoms with Gasteiger partial charge >= 0.3 is 6.18 Å². The number of hydrogen-bond acceptors (Lipinski definition) is 3. The molecule has 1 unspecified atom stereocenters. The van der Waals surface area contributed by atoms with Crippen LogP contribution in [0, 0.1) is 5.82 Å². The van der Waals surface area contributed by atoms with Crippen molar-refractivity contribution in [3.8, 4) is 5.75 Å². The van der Waals surface area contributed by atoms with Gasteiger partial charge in [-0.05, 0) is 30.3 Å². The predicted molar refractivity (Wildman–Crippen MR) is 68.1 cm³/mol. The molecule has 1 atom stereocenters. The highest BCUT2D eigenvalue weighted by atomic mass is 19.4. The van der Waals surface area contributed by atoms with Crippen molar-refractivity contribution < 1.29 is 27.4 Å². The number of aliphatic hydroxyl groups is 1. The van der Waals surface area contributed by atoms with E-state index >= 15 is 0 Å². The van der Waals surface area contributed by atoms with Crippen LogP contribution in [0.15, 0.2) is 48.5 Å². The lowest BCUT2D eigenvalue weighted by Gasteiger charge is -2.17. The monoisotopic (exact) mass is 301 g/mol. The summed E-state index contributed by atoms with van der Waals surface area (Å²) in [5, 5.41) is 11.9. The third kappa shape index (κ3) is 4.09. The van der Waals surface area contributed by atoms with Gasteiger partial charge in [0, 0.05) is 5.69 Å². The third-order valence-electron chi connectivity index (χ3n) is 2.55. The summed E-state index contributed by atoms with van der Waals surface area (Å²) in [4.78, 5) is 0. The summed E-state index contributed by atoms with van der Waals surface area (Å²) in [5.74, 6) is -1.05. The molecule has 0 aliphatic heterocycles. The number of aliphatic hydroxyl groups excluding tert-OH is 1. The van der Waals surface area contributed by atoms with Gasteiger partial charge in [0.15, 0.2) is 0 Å². The van der Waals surface area contributed by atoms with Crippen LogP contribution in [0.2, 0.25) is 0 Å². The summed E-state index contributed by atoms with van der Waals surface area (Å²) in [5.41, 5.74) is -1.54. The molecule has 7 heteroatoms. The molecule has 0 radical (unpaired) electrons. The highest BCUT2D eigenvalue weighted by molar-refractivity contribution is 5.47. The van der Waals surface area contributed by atoms with Gasteiger partial charge < -0.3 is 15.2 Å². The van der Waals surface area contributed by atoms with Crippen molar-refractivity contribution in [2.24, 2.45) is 0 Å². The van der Waals surface area contributed by atoms with Gasteiger partial charge in [0.2, 0.25) is 0 Å². The van der Waals surface area contributed by atoms with E-state index in [-0.39, 0.29) is 5.69 Å². The maximum Gasteiger partial charge on any atom is 0.419 e. The van der Waals surface area contributed by atoms with E-state index in [9.17, 15) is 22.7 Å². The van der Waals surface area contributed by atoms with Gasteiger partial charge in [-0.2, -0.15) is 13.2 Å². The van der Waals surface area contributed by atoms with Crippen LogP contribution in [0.5, 0.6) is 5.75 Å². The average Bonchev–Trinajstić information content (AvgIpc) is 2.41. The summed E-state index contributed by atoms with van der Waals surface area (Å²) < 4.78 is 55.8. The second-order valence-corrected chi connectivity index (χ2v) is 4.12. The van der Waals surface area contributed by atoms with Crippen molar-refractivity contribution in [2.75, 3.05) is 5.32 Å². The SMILES string of the molecule is OC(Nc1ccc(F)c(C(F)(F)F)c1)Oc1ccccc1. The van der Waals surface area contributed by atoms with Crippen molar-refractivity contribution in [3.63, 3.8) is 0 Å². The van der Waals surface area contributed by atoms with E-state index < -0.39 is 24.0 Å². The average molecular weight is 301 g/mol. The summed E-state index contributed by atoms with van der Waals surface area (Å²) in [6.45, 7) is 0. The molecule has 2 N–H and O–H groups in total. The van der Waals surface area contributed by atoms with Gasteiger partial charge in [0.1, 0.15) is 11.6 Å². The number of para-hydroxylation sites is 1. The van der Waals surface area contributed by atoms with Gasteiger partial charge in [0.05, 0.1) is 5.56 Å². The Kier molecular flexibility index (Phi) is 4.32. The number of nitrogens with one attached hydrogen (secondary N) is 1. The molecule has 0 heterocycles. The number of ether oxygens (including phenoxy) is 1. The van der Waals surface area contributed by atoms with Gasteiger partial charge in [-0.25, -0.2) is 4.39 Å². The van der Waals surface area contributed by atoms with E-state index in [2.05, 4.69) is 5.32 Å². The molecule has 2 aromatic carbocycles. The maximum absolute atomic E-state index is 13.1. The van der Waals surface area contributed by atoms with Crippen LogP contribution < -0.4 is 10.1 Å². The zero-order valence-corrected chi connectivity index (χ0v) is 10.6. The molecule has 0 amide bonds. The molecule has 0 saturated heterocycles. The second kappa shape index (κ2) is 6.01. The van der Waals surface area contributed by atoms with Crippen LogP contribution >= 0.6 is 0 Å². The molecule has 0 aromatic heterocycles. The number of benzene rings is 2. The number of halogens is 4. The quantitative estimate of drug-likeness (QED) is 0.669. The predicted octanol–water partition coefficient (Wildman–Crippen LogP) is 3.61. The first kappa shape index (κ1) is 15.1. The summed E-state index contributed by atoms with van der Waals surface area (Å²) in [7, 11) is 0. The molecule has 0 spiro atoms. The highest BCUT2D eigenvalue weighted by Gasteiger charge is 2.34. The Balaban J connectivity index is 2.09. The van der Waals surface area contributed by atoms with Crippen molar-refractivity contribution >= 4 is 5.69 Å². The molecular weight excluding hydrogens is 290 g/mol. The fraction of sp³-hybridized carbons (Fsp3) is 0.143. The molecule has 0 aliphatic rings. The van der Waals surface area contributed by atoms with Crippen molar-refractivity contribution in [2.45, 2.75) is 12.6 Å². The first-order valence-corrected chi connectivity index (χ1v) is 5.89. The Labute approximate surface area is 117 Å². The molecule has 21 heavy (non-hydrogen) atoms. The molecular formula is C14H11F4NO2. The molecule has 3 nitrogen and oxygen atoms in total. The smallest absolute Gasteiger partial charge is 0.419 e. The minimum absolute atomic E-state index is 0.118. The standard InChI is InChI=1S/C14H11F4NO2/c15-12-7-6-9(8-11(12)14(16,17)18)19-13(20)21-10-4-2-1-3-5-10/h1-8,13,19-20H. The van der Waals surface area contributed by atoms with Gasteiger partial charge in [-0.15, -0.1) is 0 Å². The normalized spacial score (nSPS) is 12.8. The van der Waals surface area contributed by atoms with E-state index in [0.717, 1.165) is 6.07 Å². The van der Waals surface area contributed by atoms with E-state index in [1.165, 1.54) is 0 Å². The molecule has 0 fully saturated rings. The number of hydrogen-bond donors (Lipinski definition) is 2. The molecule has 112 valence electrons. The van der Waals surface area contributed by atoms with E-state index in [4.69, 9.17) is 4.74 Å². The summed E-state index contributed by atoms with van der Waals surface area (Å²) >= 11 is 0. The van der Waals surface area contributed by atoms with Crippen LogP contribution in [0.25, 0.3) is 0 Å². The fourth-order valence-electron chi connectivity index (χ4n) is 1.63. The zero-order chi connectivity index (χ0) is 15.5. The van der Waals surface area contributed by atoms with E-state index in [1.807, 2.05) is 0 Å². The largest absolute Gasteiger partial charge is 0.447 e. The zero-order valence-electron chi connectivity index (χ0n) is 10.6. The highest BCUT2D eigenvalue weighted by Crippen LogP contribution is 2.33. The number of anilines is 1. The van der Waals surface area contributed by atoms with E-state index in [0.29, 0.717) is 17.9 Å². The molecule has 0 aliphatic carbocycles. The molecule has 2 rings (SSSR count). The Hall–Kier alpha value is -2.28. The van der Waals surface area contributed by atoms with Crippen LogP contribution in [-0.2, 0) is 6.18 Å². The van der Waals surface area contributed by atoms with Crippen LogP contribution in [0.3, 0.4) is 0 Å². The molecule has 0 bridgehead atoms. The van der Waals surface area contributed by atoms with E-state index in [1.54, 1.807) is 30.3 Å². The summed E-state index contributed by atoms with van der Waals surface area (Å²) in [6, 6.07) is 10.5. The first-order chi connectivity index (χ1) is 9.86. The Bertz CT molecular complexity index is 602. The van der Waals surface area contributed by atoms with Crippen LogP contribution in [0.1, 0.15) is 5.56 Å². The minimum atomic E-state index is -4.81. The van der Waals surface area contributed by atoms with Crippen molar-refractivity contribution in [3.05, 3.63) is 59.9 Å². The third-order valence-corrected chi connectivity index (χ3v) is 2.55. The lowest BCUT2D eigenvalue weighted by molar-refractivity contribution is -0.139. The van der Waals surface area contributed by atoms with Gasteiger partial charge in [-0.1, -0.05) is 18.2 Å². The summed E-state index contributed by atoms with van der Waals surface area (Å²) in [6.07, 6.45) is -6.38. The lowest BCUT2D eigenvalue weighted by Crippen LogP contribution is -2.25. The Morgan fingerprint density at radius 1 is 1.05 bits per heavy atom. The molecule has 0 saturated carbocycles. The topological polar surface area (TPSA) is 41.5 Å². The lowest BCUT2D eigenvalue weighted by atomic mass is 10.2. The van der Waals surface area contributed by atoms with Crippen LogP contribution in [0.4, 0.5) is 23.2 Å². The van der Waals surface area contributed by atoms with Crippen LogP contribution in [-0.4, -0.2) is 11.5 Å².